The topological polar surface area (TPSA) is 48.5 Å². The van der Waals surface area contributed by atoms with E-state index < -0.39 is 0 Å². The van der Waals surface area contributed by atoms with Crippen LogP contribution in [0.25, 0.3) is 0 Å². The van der Waals surface area contributed by atoms with E-state index in [0.717, 1.165) is 37.6 Å². The van der Waals surface area contributed by atoms with Crippen molar-refractivity contribution in [2.75, 3.05) is 42.5 Å². The molecule has 1 N–H and O–H groups in total. The van der Waals surface area contributed by atoms with Crippen molar-refractivity contribution in [3.63, 3.8) is 0 Å². The fraction of sp³-hybridized carbons (Fsp3) is 0.400. The summed E-state index contributed by atoms with van der Waals surface area (Å²) < 4.78 is 13.1. The molecule has 1 aliphatic rings. The Balaban J connectivity index is 1.61. The number of rotatable bonds is 5. The Morgan fingerprint density at radius 3 is 2.31 bits per heavy atom. The Morgan fingerprint density at radius 2 is 1.69 bits per heavy atom. The number of amides is 1. The molecule has 0 saturated carbocycles. The SMILES string of the molecule is CC(C)CNC(=O)c1cc(N2CCN(c3ccc(F)cc3)CC2)ccn1. The van der Waals surface area contributed by atoms with E-state index in [4.69, 9.17) is 0 Å². The van der Waals surface area contributed by atoms with Gasteiger partial charge < -0.3 is 15.1 Å². The van der Waals surface area contributed by atoms with Crippen LogP contribution in [-0.2, 0) is 0 Å². The van der Waals surface area contributed by atoms with Crippen molar-refractivity contribution in [2.45, 2.75) is 13.8 Å². The lowest BCUT2D eigenvalue weighted by Gasteiger charge is -2.37. The maximum Gasteiger partial charge on any atom is 0.269 e. The molecule has 1 aromatic heterocycles. The van der Waals surface area contributed by atoms with E-state index in [1.165, 1.54) is 12.1 Å². The maximum atomic E-state index is 13.1. The van der Waals surface area contributed by atoms with Gasteiger partial charge in [-0.3, -0.25) is 9.78 Å². The number of benzene rings is 1. The van der Waals surface area contributed by atoms with E-state index in [9.17, 15) is 9.18 Å². The highest BCUT2D eigenvalue weighted by molar-refractivity contribution is 5.93. The minimum Gasteiger partial charge on any atom is -0.368 e. The molecule has 1 fully saturated rings. The maximum absolute atomic E-state index is 13.1. The fourth-order valence-corrected chi connectivity index (χ4v) is 3.00. The minimum atomic E-state index is -0.215. The molecular weight excluding hydrogens is 331 g/mol. The number of hydrogen-bond acceptors (Lipinski definition) is 4. The van der Waals surface area contributed by atoms with E-state index in [0.29, 0.717) is 18.2 Å². The first kappa shape index (κ1) is 18.2. The molecule has 6 heteroatoms. The van der Waals surface area contributed by atoms with Crippen molar-refractivity contribution >= 4 is 17.3 Å². The molecule has 0 aliphatic carbocycles. The van der Waals surface area contributed by atoms with Gasteiger partial charge in [-0.15, -0.1) is 0 Å². The molecule has 1 aliphatic heterocycles. The Morgan fingerprint density at radius 1 is 1.08 bits per heavy atom. The van der Waals surface area contributed by atoms with E-state index in [-0.39, 0.29) is 11.7 Å². The molecule has 138 valence electrons. The van der Waals surface area contributed by atoms with E-state index >= 15 is 0 Å². The van der Waals surface area contributed by atoms with E-state index in [1.807, 2.05) is 24.3 Å². The third-order valence-electron chi connectivity index (χ3n) is 4.48. The fourth-order valence-electron chi connectivity index (χ4n) is 3.00. The summed E-state index contributed by atoms with van der Waals surface area (Å²) in [6, 6.07) is 10.4. The van der Waals surface area contributed by atoms with Crippen LogP contribution >= 0.6 is 0 Å². The lowest BCUT2D eigenvalue weighted by Crippen LogP contribution is -2.46. The van der Waals surface area contributed by atoms with Crippen LogP contribution in [0.15, 0.2) is 42.6 Å². The zero-order valence-corrected chi connectivity index (χ0v) is 15.3. The highest BCUT2D eigenvalue weighted by atomic mass is 19.1. The first-order valence-corrected chi connectivity index (χ1v) is 9.02. The molecule has 0 radical (unpaired) electrons. The number of aromatic nitrogens is 1. The number of pyridine rings is 1. The summed E-state index contributed by atoms with van der Waals surface area (Å²) in [4.78, 5) is 20.9. The Kier molecular flexibility index (Phi) is 5.71. The van der Waals surface area contributed by atoms with Crippen LogP contribution in [0.1, 0.15) is 24.3 Å². The van der Waals surface area contributed by atoms with Crippen molar-refractivity contribution in [1.82, 2.24) is 10.3 Å². The number of piperazine rings is 1. The molecule has 2 heterocycles. The second-order valence-corrected chi connectivity index (χ2v) is 6.95. The molecule has 1 aromatic carbocycles. The summed E-state index contributed by atoms with van der Waals surface area (Å²) in [6.45, 7) is 8.14. The monoisotopic (exact) mass is 356 g/mol. The van der Waals surface area contributed by atoms with Gasteiger partial charge >= 0.3 is 0 Å². The van der Waals surface area contributed by atoms with Gasteiger partial charge in [-0.05, 0) is 42.3 Å². The molecule has 26 heavy (non-hydrogen) atoms. The van der Waals surface area contributed by atoms with Gasteiger partial charge in [-0.25, -0.2) is 4.39 Å². The summed E-state index contributed by atoms with van der Waals surface area (Å²) in [5.74, 6) is 0.0552. The number of carbonyl (C=O) groups is 1. The number of anilines is 2. The minimum absolute atomic E-state index is 0.134. The van der Waals surface area contributed by atoms with Crippen LogP contribution in [0.4, 0.5) is 15.8 Å². The van der Waals surface area contributed by atoms with Gasteiger partial charge in [0, 0.05) is 50.3 Å². The smallest absolute Gasteiger partial charge is 0.269 e. The van der Waals surface area contributed by atoms with Crippen LogP contribution in [0, 0.1) is 11.7 Å². The number of halogens is 1. The van der Waals surface area contributed by atoms with Gasteiger partial charge in [0.15, 0.2) is 0 Å². The Bertz CT molecular complexity index is 740. The van der Waals surface area contributed by atoms with Crippen LogP contribution in [0.3, 0.4) is 0 Å². The summed E-state index contributed by atoms with van der Waals surface area (Å²) in [6.07, 6.45) is 1.69. The van der Waals surface area contributed by atoms with Crippen molar-refractivity contribution in [1.29, 1.82) is 0 Å². The van der Waals surface area contributed by atoms with Crippen LogP contribution in [-0.4, -0.2) is 43.6 Å². The lowest BCUT2D eigenvalue weighted by molar-refractivity contribution is 0.0944. The summed E-state index contributed by atoms with van der Waals surface area (Å²) in [7, 11) is 0. The molecule has 0 spiro atoms. The predicted molar refractivity (Wildman–Crippen MR) is 102 cm³/mol. The normalized spacial score (nSPS) is 14.6. The van der Waals surface area contributed by atoms with Crippen molar-refractivity contribution < 1.29 is 9.18 Å². The first-order chi connectivity index (χ1) is 12.5. The predicted octanol–water partition coefficient (Wildman–Crippen LogP) is 2.93. The van der Waals surface area contributed by atoms with Gasteiger partial charge in [-0.2, -0.15) is 0 Å². The summed E-state index contributed by atoms with van der Waals surface area (Å²) >= 11 is 0. The molecule has 1 amide bonds. The number of nitrogens with one attached hydrogen (secondary N) is 1. The highest BCUT2D eigenvalue weighted by Gasteiger charge is 2.19. The molecule has 0 unspecified atom stereocenters. The second-order valence-electron chi connectivity index (χ2n) is 6.95. The van der Waals surface area contributed by atoms with E-state index in [2.05, 4.69) is 33.9 Å². The lowest BCUT2D eigenvalue weighted by atomic mass is 10.2. The molecule has 0 bridgehead atoms. The van der Waals surface area contributed by atoms with Crippen molar-refractivity contribution in [3.8, 4) is 0 Å². The molecule has 0 atom stereocenters. The Hall–Kier alpha value is -2.63. The van der Waals surface area contributed by atoms with E-state index in [1.54, 1.807) is 6.20 Å². The summed E-state index contributed by atoms with van der Waals surface area (Å²) in [5.41, 5.74) is 2.49. The molecule has 5 nitrogen and oxygen atoms in total. The van der Waals surface area contributed by atoms with Gasteiger partial charge in [0.05, 0.1) is 0 Å². The molecular formula is C20H25FN4O. The summed E-state index contributed by atoms with van der Waals surface area (Å²) in [5, 5.41) is 2.90. The van der Waals surface area contributed by atoms with Crippen molar-refractivity contribution in [2.24, 2.45) is 5.92 Å². The van der Waals surface area contributed by atoms with Gasteiger partial charge in [0.1, 0.15) is 11.5 Å². The van der Waals surface area contributed by atoms with Crippen LogP contribution < -0.4 is 15.1 Å². The average molecular weight is 356 g/mol. The largest absolute Gasteiger partial charge is 0.368 e. The molecule has 3 rings (SSSR count). The zero-order chi connectivity index (χ0) is 18.5. The zero-order valence-electron chi connectivity index (χ0n) is 15.3. The first-order valence-electron chi connectivity index (χ1n) is 9.02. The standard InChI is InChI=1S/C20H25FN4O/c1-15(2)14-23-20(26)19-13-18(7-8-22-19)25-11-9-24(10-12-25)17-5-3-16(21)4-6-17/h3-8,13,15H,9-12,14H2,1-2H3,(H,23,26). The molecule has 2 aromatic rings. The quantitative estimate of drug-likeness (QED) is 0.895. The Labute approximate surface area is 153 Å². The third-order valence-corrected chi connectivity index (χ3v) is 4.48. The highest BCUT2D eigenvalue weighted by Crippen LogP contribution is 2.21. The molecule has 1 saturated heterocycles. The average Bonchev–Trinajstić information content (AvgIpc) is 2.67. The van der Waals surface area contributed by atoms with Crippen LogP contribution in [0.5, 0.6) is 0 Å². The van der Waals surface area contributed by atoms with Gasteiger partial charge in [-0.1, -0.05) is 13.8 Å². The van der Waals surface area contributed by atoms with Crippen LogP contribution in [0.2, 0.25) is 0 Å². The second kappa shape index (κ2) is 8.17. The number of carbonyl (C=O) groups excluding carboxylic acids is 1. The van der Waals surface area contributed by atoms with Gasteiger partial charge in [0.25, 0.3) is 5.91 Å². The number of hydrogen-bond donors (Lipinski definition) is 1. The number of nitrogens with zero attached hydrogens (tertiary/aromatic N) is 3. The third kappa shape index (κ3) is 4.50. The van der Waals surface area contributed by atoms with Gasteiger partial charge in [0.2, 0.25) is 0 Å². The van der Waals surface area contributed by atoms with Crippen molar-refractivity contribution in [3.05, 3.63) is 54.1 Å².